The van der Waals surface area contributed by atoms with Crippen LogP contribution in [0.3, 0.4) is 0 Å². The van der Waals surface area contributed by atoms with Crippen molar-refractivity contribution in [3.63, 3.8) is 0 Å². The molecule has 0 unspecified atom stereocenters. The van der Waals surface area contributed by atoms with Crippen LogP contribution in [0.1, 0.15) is 36.0 Å². The van der Waals surface area contributed by atoms with Crippen LogP contribution >= 0.6 is 0 Å². The second kappa shape index (κ2) is 6.92. The maximum absolute atomic E-state index is 12.5. The van der Waals surface area contributed by atoms with Crippen molar-refractivity contribution in [1.29, 1.82) is 0 Å². The standard InChI is InChI=1S/C17H23N3O2/c21-16(12-18-11-13-7-8-13)19-15-6-2-1-5-14(15)17(22)20-9-3-4-10-20/h1-2,5-6,13,18H,3-4,7-12H2,(H,19,21). The molecule has 0 bridgehead atoms. The molecule has 1 aliphatic carbocycles. The Morgan fingerprint density at radius 2 is 1.86 bits per heavy atom. The van der Waals surface area contributed by atoms with Gasteiger partial charge in [0, 0.05) is 13.1 Å². The highest BCUT2D eigenvalue weighted by molar-refractivity contribution is 6.04. The lowest BCUT2D eigenvalue weighted by Crippen LogP contribution is -2.31. The summed E-state index contributed by atoms with van der Waals surface area (Å²) >= 11 is 0. The Morgan fingerprint density at radius 1 is 1.14 bits per heavy atom. The van der Waals surface area contributed by atoms with Gasteiger partial charge < -0.3 is 15.5 Å². The fourth-order valence-electron chi connectivity index (χ4n) is 2.78. The number of carbonyl (C=O) groups excluding carboxylic acids is 2. The lowest BCUT2D eigenvalue weighted by molar-refractivity contribution is -0.115. The van der Waals surface area contributed by atoms with Crippen LogP contribution in [0.15, 0.2) is 24.3 Å². The first-order valence-corrected chi connectivity index (χ1v) is 8.13. The van der Waals surface area contributed by atoms with E-state index in [4.69, 9.17) is 0 Å². The summed E-state index contributed by atoms with van der Waals surface area (Å²) in [6.07, 6.45) is 4.65. The molecular formula is C17H23N3O2. The molecule has 0 radical (unpaired) electrons. The minimum Gasteiger partial charge on any atom is -0.339 e. The van der Waals surface area contributed by atoms with Gasteiger partial charge in [0.25, 0.3) is 5.91 Å². The number of carbonyl (C=O) groups is 2. The van der Waals surface area contributed by atoms with E-state index in [2.05, 4.69) is 10.6 Å². The summed E-state index contributed by atoms with van der Waals surface area (Å²) in [4.78, 5) is 26.4. The molecule has 1 aliphatic heterocycles. The quantitative estimate of drug-likeness (QED) is 0.843. The van der Waals surface area contributed by atoms with E-state index >= 15 is 0 Å². The number of hydrogen-bond donors (Lipinski definition) is 2. The van der Waals surface area contributed by atoms with Crippen molar-refractivity contribution in [2.24, 2.45) is 5.92 Å². The number of likely N-dealkylation sites (tertiary alicyclic amines) is 1. The van der Waals surface area contributed by atoms with Crippen LogP contribution < -0.4 is 10.6 Å². The molecule has 1 aromatic carbocycles. The third-order valence-corrected chi connectivity index (χ3v) is 4.24. The normalized spacial score (nSPS) is 17.5. The summed E-state index contributed by atoms with van der Waals surface area (Å²) in [6, 6.07) is 7.26. The third-order valence-electron chi connectivity index (χ3n) is 4.24. The van der Waals surface area contributed by atoms with Gasteiger partial charge in [0.2, 0.25) is 5.91 Å². The van der Waals surface area contributed by atoms with Gasteiger partial charge in [-0.2, -0.15) is 0 Å². The number of rotatable bonds is 6. The second-order valence-corrected chi connectivity index (χ2v) is 6.17. The fourth-order valence-corrected chi connectivity index (χ4v) is 2.78. The molecule has 0 aromatic heterocycles. The predicted molar refractivity (Wildman–Crippen MR) is 85.8 cm³/mol. The Kier molecular flexibility index (Phi) is 4.73. The molecule has 118 valence electrons. The number of nitrogens with one attached hydrogen (secondary N) is 2. The van der Waals surface area contributed by atoms with E-state index < -0.39 is 0 Å². The van der Waals surface area contributed by atoms with E-state index in [9.17, 15) is 9.59 Å². The molecule has 1 aromatic rings. The second-order valence-electron chi connectivity index (χ2n) is 6.17. The van der Waals surface area contributed by atoms with E-state index in [0.29, 0.717) is 17.8 Å². The SMILES string of the molecule is O=C(CNCC1CC1)Nc1ccccc1C(=O)N1CCCC1. The maximum atomic E-state index is 12.5. The zero-order chi connectivity index (χ0) is 15.4. The Hall–Kier alpha value is -1.88. The zero-order valence-electron chi connectivity index (χ0n) is 12.8. The van der Waals surface area contributed by atoms with Crippen molar-refractivity contribution in [3.8, 4) is 0 Å². The molecule has 0 spiro atoms. The van der Waals surface area contributed by atoms with Crippen molar-refractivity contribution < 1.29 is 9.59 Å². The van der Waals surface area contributed by atoms with Crippen molar-refractivity contribution in [1.82, 2.24) is 10.2 Å². The summed E-state index contributed by atoms with van der Waals surface area (Å²) in [6.45, 7) is 2.82. The first kappa shape index (κ1) is 15.0. The average molecular weight is 301 g/mol. The molecule has 2 N–H and O–H groups in total. The monoisotopic (exact) mass is 301 g/mol. The molecule has 5 nitrogen and oxygen atoms in total. The molecule has 1 saturated carbocycles. The summed E-state index contributed by atoms with van der Waals surface area (Å²) < 4.78 is 0. The van der Waals surface area contributed by atoms with Crippen LogP contribution in [-0.4, -0.2) is 42.9 Å². The molecule has 5 heteroatoms. The van der Waals surface area contributed by atoms with Gasteiger partial charge in [-0.15, -0.1) is 0 Å². The zero-order valence-corrected chi connectivity index (χ0v) is 12.8. The van der Waals surface area contributed by atoms with E-state index in [0.717, 1.165) is 38.4 Å². The lowest BCUT2D eigenvalue weighted by Gasteiger charge is -2.18. The molecule has 2 amide bonds. The molecule has 1 heterocycles. The van der Waals surface area contributed by atoms with Crippen LogP contribution in [-0.2, 0) is 4.79 Å². The number of nitrogens with zero attached hydrogens (tertiary/aromatic N) is 1. The summed E-state index contributed by atoms with van der Waals surface area (Å²) in [7, 11) is 0. The lowest BCUT2D eigenvalue weighted by atomic mass is 10.1. The van der Waals surface area contributed by atoms with Crippen molar-refractivity contribution in [2.75, 3.05) is 31.5 Å². The predicted octanol–water partition coefficient (Wildman–Crippen LogP) is 1.86. The van der Waals surface area contributed by atoms with Gasteiger partial charge in [-0.1, -0.05) is 12.1 Å². The van der Waals surface area contributed by atoms with Crippen molar-refractivity contribution >= 4 is 17.5 Å². The smallest absolute Gasteiger partial charge is 0.255 e. The van der Waals surface area contributed by atoms with Crippen LogP contribution in [0.5, 0.6) is 0 Å². The first-order chi connectivity index (χ1) is 10.7. The highest BCUT2D eigenvalue weighted by Gasteiger charge is 2.23. The van der Waals surface area contributed by atoms with Crippen molar-refractivity contribution in [3.05, 3.63) is 29.8 Å². The van der Waals surface area contributed by atoms with Crippen LogP contribution in [0.2, 0.25) is 0 Å². The highest BCUT2D eigenvalue weighted by atomic mass is 16.2. The average Bonchev–Trinajstić information content (AvgIpc) is 3.18. The molecule has 22 heavy (non-hydrogen) atoms. The van der Waals surface area contributed by atoms with Gasteiger partial charge in [-0.25, -0.2) is 0 Å². The van der Waals surface area contributed by atoms with Crippen LogP contribution in [0, 0.1) is 5.92 Å². The van der Waals surface area contributed by atoms with E-state index in [1.54, 1.807) is 12.1 Å². The minimum atomic E-state index is -0.0951. The largest absolute Gasteiger partial charge is 0.339 e. The Balaban J connectivity index is 1.59. The molecule has 2 fully saturated rings. The van der Waals surface area contributed by atoms with Gasteiger partial charge in [0.15, 0.2) is 0 Å². The molecule has 0 atom stereocenters. The Morgan fingerprint density at radius 3 is 2.59 bits per heavy atom. The number of anilines is 1. The molecule has 1 saturated heterocycles. The van der Waals surface area contributed by atoms with Gasteiger partial charge in [0.1, 0.15) is 0 Å². The van der Waals surface area contributed by atoms with Crippen LogP contribution in [0.4, 0.5) is 5.69 Å². The number of benzene rings is 1. The summed E-state index contributed by atoms with van der Waals surface area (Å²) in [5.74, 6) is 0.665. The van der Waals surface area contributed by atoms with E-state index in [1.165, 1.54) is 12.8 Å². The summed E-state index contributed by atoms with van der Waals surface area (Å²) in [5, 5.41) is 6.02. The van der Waals surface area contributed by atoms with Crippen LogP contribution in [0.25, 0.3) is 0 Å². The molecule has 2 aliphatic rings. The van der Waals surface area contributed by atoms with Crippen molar-refractivity contribution in [2.45, 2.75) is 25.7 Å². The minimum absolute atomic E-state index is 0.0133. The topological polar surface area (TPSA) is 61.4 Å². The fraction of sp³-hybridized carbons (Fsp3) is 0.529. The Labute approximate surface area is 131 Å². The third kappa shape index (κ3) is 3.85. The van der Waals surface area contributed by atoms with Gasteiger partial charge in [-0.05, 0) is 50.3 Å². The number of hydrogen-bond acceptors (Lipinski definition) is 3. The van der Waals surface area contributed by atoms with E-state index in [1.807, 2.05) is 17.0 Å². The maximum Gasteiger partial charge on any atom is 0.255 e. The van der Waals surface area contributed by atoms with Gasteiger partial charge in [-0.3, -0.25) is 9.59 Å². The number of amides is 2. The molecule has 3 rings (SSSR count). The summed E-state index contributed by atoms with van der Waals surface area (Å²) in [5.41, 5.74) is 1.19. The van der Waals surface area contributed by atoms with Gasteiger partial charge in [0.05, 0.1) is 17.8 Å². The number of para-hydroxylation sites is 1. The highest BCUT2D eigenvalue weighted by Crippen LogP contribution is 2.27. The van der Waals surface area contributed by atoms with Gasteiger partial charge >= 0.3 is 0 Å². The first-order valence-electron chi connectivity index (χ1n) is 8.13. The van der Waals surface area contributed by atoms with E-state index in [-0.39, 0.29) is 11.8 Å². The Bertz CT molecular complexity index is 549. The molecular weight excluding hydrogens is 278 g/mol.